The van der Waals surface area contributed by atoms with Gasteiger partial charge in [-0.2, -0.15) is 0 Å². The third-order valence-electron chi connectivity index (χ3n) is 4.63. The van der Waals surface area contributed by atoms with Crippen molar-refractivity contribution < 1.29 is 23.8 Å². The first-order chi connectivity index (χ1) is 13.1. The molecule has 0 aromatic heterocycles. The van der Waals surface area contributed by atoms with E-state index in [0.717, 1.165) is 12.8 Å². The van der Waals surface area contributed by atoms with Gasteiger partial charge in [0.15, 0.2) is 0 Å². The van der Waals surface area contributed by atoms with Gasteiger partial charge in [-0.25, -0.2) is 9.18 Å². The topological polar surface area (TPSA) is 59.0 Å². The second kappa shape index (κ2) is 8.97. The Hall–Kier alpha value is -2.44. The van der Waals surface area contributed by atoms with Crippen molar-refractivity contribution in [2.45, 2.75) is 25.0 Å². The molecule has 3 rings (SSSR count). The molecule has 0 spiro atoms. The summed E-state index contributed by atoms with van der Waals surface area (Å²) in [5.41, 5.74) is 1.15. The highest BCUT2D eigenvalue weighted by molar-refractivity contribution is 5.89. The van der Waals surface area contributed by atoms with Crippen LogP contribution in [0.3, 0.4) is 0 Å². The van der Waals surface area contributed by atoms with Gasteiger partial charge in [-0.15, -0.1) is 0 Å². The van der Waals surface area contributed by atoms with Gasteiger partial charge < -0.3 is 14.6 Å². The normalized spacial score (nSPS) is 14.8. The molecule has 1 N–H and O–H groups in total. The molecule has 0 aliphatic heterocycles. The minimum atomic E-state index is -0.672. The molecule has 1 aliphatic carbocycles. The number of halogens is 1. The van der Waals surface area contributed by atoms with Crippen LogP contribution in [0.2, 0.25) is 0 Å². The van der Waals surface area contributed by atoms with Crippen molar-refractivity contribution in [3.8, 4) is 5.75 Å². The van der Waals surface area contributed by atoms with Crippen LogP contribution < -0.4 is 4.74 Å². The van der Waals surface area contributed by atoms with Crippen molar-refractivity contribution in [1.29, 1.82) is 0 Å². The fraction of sp³-hybridized carbons (Fsp3) is 0.381. The number of nitrogens with zero attached hydrogens (tertiary/aromatic N) is 1. The summed E-state index contributed by atoms with van der Waals surface area (Å²) in [6.07, 6.45) is 1.54. The van der Waals surface area contributed by atoms with Crippen LogP contribution in [-0.4, -0.2) is 48.8 Å². The molecule has 0 heterocycles. The lowest BCUT2D eigenvalue weighted by Gasteiger charge is -2.25. The van der Waals surface area contributed by atoms with E-state index in [1.807, 2.05) is 0 Å². The van der Waals surface area contributed by atoms with E-state index in [0.29, 0.717) is 42.6 Å². The first-order valence-corrected chi connectivity index (χ1v) is 9.05. The molecule has 1 atom stereocenters. The number of hydrogen-bond acceptors (Lipinski definition) is 5. The van der Waals surface area contributed by atoms with Crippen LogP contribution in [0, 0.1) is 5.82 Å². The summed E-state index contributed by atoms with van der Waals surface area (Å²) in [6.45, 7) is 1.57. The van der Waals surface area contributed by atoms with Gasteiger partial charge in [0.25, 0.3) is 0 Å². The molecule has 0 radical (unpaired) electrons. The Morgan fingerprint density at radius 3 is 2.67 bits per heavy atom. The first kappa shape index (κ1) is 19.3. The van der Waals surface area contributed by atoms with E-state index >= 15 is 0 Å². The number of ether oxygens (including phenoxy) is 2. The van der Waals surface area contributed by atoms with Crippen molar-refractivity contribution in [3.63, 3.8) is 0 Å². The van der Waals surface area contributed by atoms with E-state index < -0.39 is 12.1 Å². The van der Waals surface area contributed by atoms with E-state index in [1.54, 1.807) is 36.4 Å². The lowest BCUT2D eigenvalue weighted by atomic mass is 10.1. The third-order valence-corrected chi connectivity index (χ3v) is 4.63. The molecule has 1 unspecified atom stereocenters. The zero-order valence-electron chi connectivity index (χ0n) is 15.3. The van der Waals surface area contributed by atoms with E-state index in [1.165, 1.54) is 19.2 Å². The molecule has 144 valence electrons. The lowest BCUT2D eigenvalue weighted by molar-refractivity contribution is 0.0600. The van der Waals surface area contributed by atoms with Crippen molar-refractivity contribution in [1.82, 2.24) is 4.90 Å². The third kappa shape index (κ3) is 5.52. The maximum atomic E-state index is 13.0. The zero-order chi connectivity index (χ0) is 19.2. The number of aliphatic hydroxyl groups is 1. The van der Waals surface area contributed by atoms with E-state index in [9.17, 15) is 14.3 Å². The molecule has 6 heteroatoms. The van der Waals surface area contributed by atoms with Gasteiger partial charge in [0, 0.05) is 19.1 Å². The quantitative estimate of drug-likeness (QED) is 0.684. The van der Waals surface area contributed by atoms with E-state index in [-0.39, 0.29) is 5.82 Å². The molecule has 0 amide bonds. The second-order valence-electron chi connectivity index (χ2n) is 6.66. The van der Waals surface area contributed by atoms with E-state index in [2.05, 4.69) is 4.90 Å². The van der Waals surface area contributed by atoms with Gasteiger partial charge in [-0.05, 0) is 48.7 Å². The predicted octanol–water partition coefficient (Wildman–Crippen LogP) is 3.19. The minimum absolute atomic E-state index is 0.312. The smallest absolute Gasteiger partial charge is 0.337 e. The fourth-order valence-corrected chi connectivity index (χ4v) is 2.99. The van der Waals surface area contributed by atoms with Gasteiger partial charge in [0.05, 0.1) is 18.8 Å². The summed E-state index contributed by atoms with van der Waals surface area (Å²) in [5.74, 6) is -0.109. The van der Waals surface area contributed by atoms with Crippen LogP contribution in [0.15, 0.2) is 48.5 Å². The van der Waals surface area contributed by atoms with Crippen molar-refractivity contribution in [2.24, 2.45) is 0 Å². The van der Waals surface area contributed by atoms with Crippen LogP contribution >= 0.6 is 0 Å². The summed E-state index contributed by atoms with van der Waals surface area (Å²) < 4.78 is 23.5. The summed E-state index contributed by atoms with van der Waals surface area (Å²) in [5, 5.41) is 10.4. The number of esters is 1. The lowest BCUT2D eigenvalue weighted by Crippen LogP contribution is -2.34. The maximum absolute atomic E-state index is 13.0. The van der Waals surface area contributed by atoms with Gasteiger partial charge in [-0.1, -0.05) is 18.2 Å². The number of benzene rings is 2. The number of carbonyl (C=O) groups excluding carboxylic acids is 1. The molecule has 5 nitrogen and oxygen atoms in total. The molecule has 2 aromatic rings. The first-order valence-electron chi connectivity index (χ1n) is 9.05. The zero-order valence-corrected chi connectivity index (χ0v) is 15.3. The molecule has 1 fully saturated rings. The monoisotopic (exact) mass is 373 g/mol. The summed E-state index contributed by atoms with van der Waals surface area (Å²) >= 11 is 0. The number of methoxy groups -OCH3 is 1. The Morgan fingerprint density at radius 2 is 2.00 bits per heavy atom. The summed E-state index contributed by atoms with van der Waals surface area (Å²) in [4.78, 5) is 13.8. The van der Waals surface area contributed by atoms with Gasteiger partial charge in [0.1, 0.15) is 18.2 Å². The fourth-order valence-electron chi connectivity index (χ4n) is 2.99. The van der Waals surface area contributed by atoms with Crippen LogP contribution in [0.5, 0.6) is 5.75 Å². The Labute approximate surface area is 158 Å². The molecular formula is C21H24FNO4. The number of rotatable bonds is 9. The summed E-state index contributed by atoms with van der Waals surface area (Å²) in [7, 11) is 1.34. The second-order valence-corrected chi connectivity index (χ2v) is 6.66. The molecule has 2 aromatic carbocycles. The number of carbonyl (C=O) groups is 1. The number of aliphatic hydroxyl groups excluding tert-OH is 1. The Kier molecular flexibility index (Phi) is 6.42. The number of hydrogen-bond donors (Lipinski definition) is 1. The van der Waals surface area contributed by atoms with Gasteiger partial charge in [-0.3, -0.25) is 4.90 Å². The Morgan fingerprint density at radius 1 is 1.26 bits per heavy atom. The Balaban J connectivity index is 1.53. The summed E-state index contributed by atoms with van der Waals surface area (Å²) in [6, 6.07) is 13.3. The minimum Gasteiger partial charge on any atom is -0.492 e. The highest BCUT2D eigenvalue weighted by atomic mass is 19.1. The van der Waals surface area contributed by atoms with Crippen LogP contribution in [0.1, 0.15) is 34.9 Å². The van der Waals surface area contributed by atoms with E-state index in [4.69, 9.17) is 9.47 Å². The average molecular weight is 373 g/mol. The SMILES string of the molecule is COC(=O)c1cccc(OCCN(CC(O)c2ccc(F)cc2)C2CC2)c1. The highest BCUT2D eigenvalue weighted by Gasteiger charge is 2.30. The van der Waals surface area contributed by atoms with Gasteiger partial charge in [0.2, 0.25) is 0 Å². The van der Waals surface area contributed by atoms with Crippen molar-refractivity contribution >= 4 is 5.97 Å². The molecule has 1 aliphatic rings. The van der Waals surface area contributed by atoms with Gasteiger partial charge >= 0.3 is 5.97 Å². The maximum Gasteiger partial charge on any atom is 0.337 e. The Bertz CT molecular complexity index is 761. The molecule has 0 saturated heterocycles. The van der Waals surface area contributed by atoms with Crippen molar-refractivity contribution in [2.75, 3.05) is 26.8 Å². The highest BCUT2D eigenvalue weighted by Crippen LogP contribution is 2.28. The van der Waals surface area contributed by atoms with Crippen LogP contribution in [0.4, 0.5) is 4.39 Å². The molecule has 0 bridgehead atoms. The van der Waals surface area contributed by atoms with Crippen LogP contribution in [-0.2, 0) is 4.74 Å². The average Bonchev–Trinajstić information content (AvgIpc) is 3.52. The molecular weight excluding hydrogens is 349 g/mol. The molecule has 1 saturated carbocycles. The predicted molar refractivity (Wildman–Crippen MR) is 99.2 cm³/mol. The molecule has 27 heavy (non-hydrogen) atoms. The van der Waals surface area contributed by atoms with Crippen LogP contribution in [0.25, 0.3) is 0 Å². The standard InChI is InChI=1S/C21H24FNO4/c1-26-21(25)16-3-2-4-19(13-16)27-12-11-23(18-9-10-18)14-20(24)15-5-7-17(22)8-6-15/h2-8,13,18,20,24H,9-12,14H2,1H3. The van der Waals surface area contributed by atoms with Crippen molar-refractivity contribution in [3.05, 3.63) is 65.5 Å². The largest absolute Gasteiger partial charge is 0.492 e.